The van der Waals surface area contributed by atoms with Gasteiger partial charge >= 0.3 is 0 Å². The van der Waals surface area contributed by atoms with Crippen LogP contribution in [0.1, 0.15) is 37.3 Å². The van der Waals surface area contributed by atoms with E-state index in [4.69, 9.17) is 0 Å². The average molecular weight is 230 g/mol. The van der Waals surface area contributed by atoms with Crippen LogP contribution in [0.25, 0.3) is 0 Å². The van der Waals surface area contributed by atoms with Gasteiger partial charge in [0, 0.05) is 24.8 Å². The molecule has 1 fully saturated rings. The monoisotopic (exact) mass is 230 g/mol. The third-order valence-corrected chi connectivity index (χ3v) is 4.23. The molecule has 0 spiro atoms. The Morgan fingerprint density at radius 3 is 3.12 bits per heavy atom. The Hall–Kier alpha value is -1.02. The van der Waals surface area contributed by atoms with E-state index >= 15 is 0 Å². The molecule has 2 nitrogen and oxygen atoms in total. The summed E-state index contributed by atoms with van der Waals surface area (Å²) in [6.07, 6.45) is 5.27. The fourth-order valence-corrected chi connectivity index (χ4v) is 3.22. The third kappa shape index (κ3) is 2.06. The number of nitrogens with zero attached hydrogens (tertiary/aromatic N) is 1. The lowest BCUT2D eigenvalue weighted by molar-refractivity contribution is 0.482. The predicted molar refractivity (Wildman–Crippen MR) is 72.5 cm³/mol. The smallest absolute Gasteiger partial charge is 0.0417 e. The van der Waals surface area contributed by atoms with Crippen LogP contribution in [-0.2, 0) is 13.0 Å². The number of fused-ring (bicyclic) bond motifs is 1. The molecule has 0 bridgehead atoms. The summed E-state index contributed by atoms with van der Waals surface area (Å²) < 4.78 is 0. The summed E-state index contributed by atoms with van der Waals surface area (Å²) in [4.78, 5) is 2.62. The van der Waals surface area contributed by atoms with Gasteiger partial charge in [0.05, 0.1) is 0 Å². The number of hydrogen-bond donors (Lipinski definition) is 1. The molecule has 1 N–H and O–H groups in total. The quantitative estimate of drug-likeness (QED) is 0.798. The van der Waals surface area contributed by atoms with Crippen molar-refractivity contribution in [1.29, 1.82) is 0 Å². The second kappa shape index (κ2) is 4.69. The van der Waals surface area contributed by atoms with Crippen LogP contribution in [0.4, 0.5) is 5.69 Å². The molecule has 3 rings (SSSR count). The summed E-state index contributed by atoms with van der Waals surface area (Å²) in [5.41, 5.74) is 4.59. The largest absolute Gasteiger partial charge is 0.369 e. The Bertz CT molecular complexity index is 400. The van der Waals surface area contributed by atoms with Crippen LogP contribution in [0.15, 0.2) is 18.2 Å². The zero-order valence-corrected chi connectivity index (χ0v) is 10.7. The second-order valence-corrected chi connectivity index (χ2v) is 5.38. The molecule has 2 heterocycles. The van der Waals surface area contributed by atoms with Crippen LogP contribution in [0.5, 0.6) is 0 Å². The van der Waals surface area contributed by atoms with Gasteiger partial charge in [-0.05, 0) is 56.3 Å². The van der Waals surface area contributed by atoms with Gasteiger partial charge < -0.3 is 10.2 Å². The van der Waals surface area contributed by atoms with Gasteiger partial charge in [-0.25, -0.2) is 0 Å². The number of piperidine rings is 1. The first kappa shape index (κ1) is 11.1. The normalized spacial score (nSPS) is 24.5. The molecule has 1 aromatic carbocycles. The van der Waals surface area contributed by atoms with Crippen LogP contribution in [-0.4, -0.2) is 19.1 Å². The summed E-state index contributed by atoms with van der Waals surface area (Å²) in [7, 11) is 0. The van der Waals surface area contributed by atoms with Crippen molar-refractivity contribution in [2.24, 2.45) is 0 Å². The van der Waals surface area contributed by atoms with Crippen molar-refractivity contribution in [3.05, 3.63) is 29.3 Å². The van der Waals surface area contributed by atoms with Crippen molar-refractivity contribution < 1.29 is 0 Å². The summed E-state index contributed by atoms with van der Waals surface area (Å²) in [6.45, 7) is 5.78. The fraction of sp³-hybridized carbons (Fsp3) is 0.600. The van der Waals surface area contributed by atoms with Gasteiger partial charge in [-0.1, -0.05) is 12.1 Å². The highest BCUT2D eigenvalue weighted by molar-refractivity contribution is 5.58. The zero-order chi connectivity index (χ0) is 11.7. The Balaban J connectivity index is 1.96. The molecule has 2 aliphatic heterocycles. The SMILES string of the molecule is CC1CCCCN1c1cccc2c1CNCC2. The number of nitrogens with one attached hydrogen (secondary N) is 1. The molecule has 1 saturated heterocycles. The van der Waals surface area contributed by atoms with Gasteiger partial charge in [0.1, 0.15) is 0 Å². The number of rotatable bonds is 1. The van der Waals surface area contributed by atoms with Crippen LogP contribution in [0.3, 0.4) is 0 Å². The Labute approximate surface area is 104 Å². The number of benzene rings is 1. The molecule has 92 valence electrons. The fourth-order valence-electron chi connectivity index (χ4n) is 3.22. The molecule has 1 aromatic rings. The molecule has 0 radical (unpaired) electrons. The highest BCUT2D eigenvalue weighted by atomic mass is 15.2. The van der Waals surface area contributed by atoms with E-state index in [9.17, 15) is 0 Å². The zero-order valence-electron chi connectivity index (χ0n) is 10.7. The number of hydrogen-bond acceptors (Lipinski definition) is 2. The van der Waals surface area contributed by atoms with Gasteiger partial charge in [0.15, 0.2) is 0 Å². The second-order valence-electron chi connectivity index (χ2n) is 5.38. The van der Waals surface area contributed by atoms with Crippen molar-refractivity contribution >= 4 is 5.69 Å². The van der Waals surface area contributed by atoms with E-state index in [0.717, 1.165) is 13.1 Å². The minimum atomic E-state index is 0.706. The Kier molecular flexibility index (Phi) is 3.06. The van der Waals surface area contributed by atoms with Gasteiger partial charge in [-0.3, -0.25) is 0 Å². The molecule has 2 aliphatic rings. The van der Waals surface area contributed by atoms with Crippen molar-refractivity contribution in [3.63, 3.8) is 0 Å². The van der Waals surface area contributed by atoms with Gasteiger partial charge in [-0.2, -0.15) is 0 Å². The van der Waals surface area contributed by atoms with E-state index in [0.29, 0.717) is 6.04 Å². The molecule has 17 heavy (non-hydrogen) atoms. The van der Waals surface area contributed by atoms with Crippen LogP contribution < -0.4 is 10.2 Å². The van der Waals surface area contributed by atoms with E-state index in [1.54, 1.807) is 11.1 Å². The minimum absolute atomic E-state index is 0.706. The molecule has 2 heteroatoms. The van der Waals surface area contributed by atoms with Crippen molar-refractivity contribution in [2.75, 3.05) is 18.0 Å². The maximum atomic E-state index is 3.51. The predicted octanol–water partition coefficient (Wildman–Crippen LogP) is 2.71. The maximum Gasteiger partial charge on any atom is 0.0417 e. The number of anilines is 1. The van der Waals surface area contributed by atoms with Crippen LogP contribution in [0, 0.1) is 0 Å². The summed E-state index contributed by atoms with van der Waals surface area (Å²) in [5, 5.41) is 3.51. The van der Waals surface area contributed by atoms with Crippen LogP contribution >= 0.6 is 0 Å². The van der Waals surface area contributed by atoms with Crippen LogP contribution in [0.2, 0.25) is 0 Å². The molecular weight excluding hydrogens is 208 g/mol. The van der Waals surface area contributed by atoms with Crippen molar-refractivity contribution in [1.82, 2.24) is 5.32 Å². The Morgan fingerprint density at radius 2 is 2.24 bits per heavy atom. The van der Waals surface area contributed by atoms with Crippen molar-refractivity contribution in [3.8, 4) is 0 Å². The summed E-state index contributed by atoms with van der Waals surface area (Å²) >= 11 is 0. The summed E-state index contributed by atoms with van der Waals surface area (Å²) in [5.74, 6) is 0. The van der Waals surface area contributed by atoms with E-state index in [1.807, 2.05) is 0 Å². The molecule has 0 saturated carbocycles. The first-order valence-electron chi connectivity index (χ1n) is 6.94. The highest BCUT2D eigenvalue weighted by Crippen LogP contribution is 2.31. The maximum absolute atomic E-state index is 3.51. The molecule has 1 unspecified atom stereocenters. The average Bonchev–Trinajstić information content (AvgIpc) is 2.39. The van der Waals surface area contributed by atoms with E-state index in [2.05, 4.69) is 35.3 Å². The molecule has 1 atom stereocenters. The minimum Gasteiger partial charge on any atom is -0.369 e. The molecular formula is C15H22N2. The van der Waals surface area contributed by atoms with Gasteiger partial charge in [0.2, 0.25) is 0 Å². The lowest BCUT2D eigenvalue weighted by Gasteiger charge is -2.38. The molecule has 0 amide bonds. The third-order valence-electron chi connectivity index (χ3n) is 4.23. The van der Waals surface area contributed by atoms with Gasteiger partial charge in [0.25, 0.3) is 0 Å². The molecule has 0 aromatic heterocycles. The lowest BCUT2D eigenvalue weighted by atomic mass is 9.95. The highest BCUT2D eigenvalue weighted by Gasteiger charge is 2.22. The first-order valence-corrected chi connectivity index (χ1v) is 6.94. The van der Waals surface area contributed by atoms with Gasteiger partial charge in [-0.15, -0.1) is 0 Å². The standard InChI is InChI=1S/C15H22N2/c1-12-5-2-3-10-17(12)15-7-4-6-13-8-9-16-11-14(13)15/h4,6-7,12,16H,2-3,5,8-11H2,1H3. The Morgan fingerprint density at radius 1 is 1.29 bits per heavy atom. The van der Waals surface area contributed by atoms with Crippen molar-refractivity contribution in [2.45, 2.75) is 45.2 Å². The van der Waals surface area contributed by atoms with E-state index in [-0.39, 0.29) is 0 Å². The van der Waals surface area contributed by atoms with E-state index < -0.39 is 0 Å². The lowest BCUT2D eigenvalue weighted by Crippen LogP contribution is -2.39. The topological polar surface area (TPSA) is 15.3 Å². The first-order chi connectivity index (χ1) is 8.36. The van der Waals surface area contributed by atoms with E-state index in [1.165, 1.54) is 37.9 Å². The molecule has 0 aliphatic carbocycles. The summed E-state index contributed by atoms with van der Waals surface area (Å²) in [6, 6.07) is 7.56.